The van der Waals surface area contributed by atoms with E-state index in [0.717, 1.165) is 0 Å². The van der Waals surface area contributed by atoms with Crippen LogP contribution in [-0.4, -0.2) is 16.9 Å². The van der Waals surface area contributed by atoms with Crippen LogP contribution in [0.2, 0.25) is 0 Å². The van der Waals surface area contributed by atoms with Gasteiger partial charge in [-0.2, -0.15) is 0 Å². The maximum absolute atomic E-state index is 12.9. The number of halogens is 1. The third-order valence-corrected chi connectivity index (χ3v) is 1.54. The monoisotopic (exact) mass is 211 g/mol. The van der Waals surface area contributed by atoms with Crippen LogP contribution in [0.25, 0.3) is 0 Å². The van der Waals surface area contributed by atoms with Gasteiger partial charge in [-0.05, 0) is 32.9 Å². The highest BCUT2D eigenvalue weighted by Crippen LogP contribution is 2.19. The molecule has 0 unspecified atom stereocenters. The van der Waals surface area contributed by atoms with Crippen molar-refractivity contribution in [3.63, 3.8) is 0 Å². The van der Waals surface area contributed by atoms with Gasteiger partial charge in [-0.1, -0.05) is 11.2 Å². The molecule has 1 aromatic rings. The molecule has 0 heterocycles. The maximum Gasteiger partial charge on any atom is 0.165 e. The zero-order valence-corrected chi connectivity index (χ0v) is 8.99. The Kier molecular flexibility index (Phi) is 3.29. The minimum absolute atomic E-state index is 0.291. The second-order valence-corrected chi connectivity index (χ2v) is 4.12. The van der Waals surface area contributed by atoms with E-state index in [-0.39, 0.29) is 0 Å². The SMILES string of the molecule is CC(C)(C)ON=Cc1cccc(F)c1O. The van der Waals surface area contributed by atoms with Crippen molar-refractivity contribution in [1.29, 1.82) is 0 Å². The number of oxime groups is 1. The molecule has 0 saturated heterocycles. The molecule has 0 aliphatic rings. The Bertz CT molecular complexity index is 369. The molecular weight excluding hydrogens is 197 g/mol. The van der Waals surface area contributed by atoms with E-state index in [1.54, 1.807) is 6.07 Å². The van der Waals surface area contributed by atoms with E-state index < -0.39 is 17.2 Å². The van der Waals surface area contributed by atoms with Gasteiger partial charge in [0.2, 0.25) is 0 Å². The number of benzene rings is 1. The predicted molar refractivity (Wildman–Crippen MR) is 56.5 cm³/mol. The van der Waals surface area contributed by atoms with E-state index in [9.17, 15) is 9.50 Å². The summed E-state index contributed by atoms with van der Waals surface area (Å²) in [6.07, 6.45) is 1.28. The van der Waals surface area contributed by atoms with Crippen LogP contribution < -0.4 is 0 Å². The molecule has 0 aliphatic heterocycles. The van der Waals surface area contributed by atoms with Crippen LogP contribution in [0, 0.1) is 5.82 Å². The highest BCUT2D eigenvalue weighted by molar-refractivity contribution is 5.82. The normalized spacial score (nSPS) is 12.0. The van der Waals surface area contributed by atoms with Crippen molar-refractivity contribution in [2.75, 3.05) is 0 Å². The minimum atomic E-state index is -0.672. The van der Waals surface area contributed by atoms with Gasteiger partial charge in [-0.3, -0.25) is 0 Å². The summed E-state index contributed by atoms with van der Waals surface area (Å²) in [6, 6.07) is 4.22. The summed E-state index contributed by atoms with van der Waals surface area (Å²) in [7, 11) is 0. The van der Waals surface area contributed by atoms with Gasteiger partial charge < -0.3 is 9.94 Å². The number of phenols is 1. The summed E-state index contributed by atoms with van der Waals surface area (Å²) in [5, 5.41) is 13.0. The van der Waals surface area contributed by atoms with Gasteiger partial charge in [0.05, 0.1) is 6.21 Å². The first-order valence-electron chi connectivity index (χ1n) is 4.59. The molecule has 0 aromatic heterocycles. The molecule has 0 aliphatic carbocycles. The van der Waals surface area contributed by atoms with Gasteiger partial charge in [0.1, 0.15) is 5.60 Å². The van der Waals surface area contributed by atoms with Crippen LogP contribution in [0.1, 0.15) is 26.3 Å². The van der Waals surface area contributed by atoms with Gasteiger partial charge in [0.15, 0.2) is 11.6 Å². The summed E-state index contributed by atoms with van der Waals surface area (Å²) in [5.41, 5.74) is -0.112. The summed E-state index contributed by atoms with van der Waals surface area (Å²) in [4.78, 5) is 5.06. The van der Waals surface area contributed by atoms with E-state index in [0.29, 0.717) is 5.56 Å². The fraction of sp³-hybridized carbons (Fsp3) is 0.364. The molecule has 3 nitrogen and oxygen atoms in total. The number of phenolic OH excluding ortho intramolecular Hbond substituents is 1. The fourth-order valence-corrected chi connectivity index (χ4v) is 0.877. The van der Waals surface area contributed by atoms with Gasteiger partial charge in [-0.15, -0.1) is 0 Å². The number of rotatable bonds is 2. The van der Waals surface area contributed by atoms with E-state index in [4.69, 9.17) is 4.84 Å². The first-order chi connectivity index (χ1) is 6.90. The Morgan fingerprint density at radius 1 is 1.40 bits per heavy atom. The summed E-state index contributed by atoms with van der Waals surface area (Å²) in [5.74, 6) is -1.09. The maximum atomic E-state index is 12.9. The standard InChI is InChI=1S/C11H14FNO2/c1-11(2,3)15-13-7-8-5-4-6-9(12)10(8)14/h4-7,14H,1-3H3. The lowest BCUT2D eigenvalue weighted by molar-refractivity contribution is 0.00197. The molecule has 1 rings (SSSR count). The molecule has 0 saturated carbocycles. The van der Waals surface area contributed by atoms with Crippen molar-refractivity contribution < 1.29 is 14.3 Å². The summed E-state index contributed by atoms with van der Waals surface area (Å²) in [6.45, 7) is 5.53. The highest BCUT2D eigenvalue weighted by Gasteiger charge is 2.10. The van der Waals surface area contributed by atoms with Crippen molar-refractivity contribution in [2.45, 2.75) is 26.4 Å². The first-order valence-corrected chi connectivity index (χ1v) is 4.59. The number of nitrogens with zero attached hydrogens (tertiary/aromatic N) is 1. The van der Waals surface area contributed by atoms with Gasteiger partial charge in [0.25, 0.3) is 0 Å². The quantitative estimate of drug-likeness (QED) is 0.603. The van der Waals surface area contributed by atoms with Gasteiger partial charge in [0, 0.05) is 5.56 Å². The molecule has 0 spiro atoms. The third kappa shape index (κ3) is 3.58. The van der Waals surface area contributed by atoms with Crippen molar-refractivity contribution in [3.05, 3.63) is 29.6 Å². The van der Waals surface area contributed by atoms with Crippen LogP contribution in [0.5, 0.6) is 5.75 Å². The van der Waals surface area contributed by atoms with Crippen molar-refractivity contribution in [1.82, 2.24) is 0 Å². The van der Waals surface area contributed by atoms with Crippen molar-refractivity contribution >= 4 is 6.21 Å². The van der Waals surface area contributed by atoms with E-state index in [2.05, 4.69) is 5.16 Å². The minimum Gasteiger partial charge on any atom is -0.504 e. The summed E-state index contributed by atoms with van der Waals surface area (Å²) < 4.78 is 12.9. The Labute approximate surface area is 88.2 Å². The van der Waals surface area contributed by atoms with E-state index in [1.807, 2.05) is 20.8 Å². The molecule has 4 heteroatoms. The number of hydrogen-bond donors (Lipinski definition) is 1. The zero-order chi connectivity index (χ0) is 11.5. The number of para-hydroxylation sites is 1. The second kappa shape index (κ2) is 4.29. The molecular formula is C11H14FNO2. The molecule has 0 fully saturated rings. The van der Waals surface area contributed by atoms with E-state index >= 15 is 0 Å². The zero-order valence-electron chi connectivity index (χ0n) is 8.99. The average molecular weight is 211 g/mol. The Hall–Kier alpha value is -1.58. The lowest BCUT2D eigenvalue weighted by atomic mass is 10.2. The fourth-order valence-electron chi connectivity index (χ4n) is 0.877. The third-order valence-electron chi connectivity index (χ3n) is 1.54. The van der Waals surface area contributed by atoms with Crippen molar-refractivity contribution in [2.24, 2.45) is 5.16 Å². The van der Waals surface area contributed by atoms with Crippen LogP contribution in [0.3, 0.4) is 0 Å². The van der Waals surface area contributed by atoms with E-state index in [1.165, 1.54) is 18.3 Å². The molecule has 0 bridgehead atoms. The van der Waals surface area contributed by atoms with Crippen LogP contribution in [0.15, 0.2) is 23.4 Å². The van der Waals surface area contributed by atoms with Crippen molar-refractivity contribution in [3.8, 4) is 5.75 Å². The molecule has 0 radical (unpaired) electrons. The van der Waals surface area contributed by atoms with Gasteiger partial charge >= 0.3 is 0 Å². The van der Waals surface area contributed by atoms with Crippen LogP contribution in [0.4, 0.5) is 4.39 Å². The lowest BCUT2D eigenvalue weighted by Crippen LogP contribution is -2.15. The Morgan fingerprint density at radius 3 is 2.67 bits per heavy atom. The lowest BCUT2D eigenvalue weighted by Gasteiger charge is -2.14. The largest absolute Gasteiger partial charge is 0.504 e. The number of aromatic hydroxyl groups is 1. The van der Waals surface area contributed by atoms with Gasteiger partial charge in [-0.25, -0.2) is 4.39 Å². The smallest absolute Gasteiger partial charge is 0.165 e. The van der Waals surface area contributed by atoms with Crippen LogP contribution in [-0.2, 0) is 4.84 Å². The molecule has 0 atom stereocenters. The average Bonchev–Trinajstić information content (AvgIpc) is 2.10. The highest BCUT2D eigenvalue weighted by atomic mass is 19.1. The first kappa shape index (κ1) is 11.5. The molecule has 0 amide bonds. The second-order valence-electron chi connectivity index (χ2n) is 4.12. The predicted octanol–water partition coefficient (Wildman–Crippen LogP) is 2.68. The number of hydrogen-bond acceptors (Lipinski definition) is 3. The molecule has 82 valence electrons. The Morgan fingerprint density at radius 2 is 2.07 bits per heavy atom. The molecule has 15 heavy (non-hydrogen) atoms. The molecule has 1 N–H and O–H groups in total. The summed E-state index contributed by atoms with van der Waals surface area (Å²) >= 11 is 0. The Balaban J connectivity index is 2.77. The topological polar surface area (TPSA) is 41.8 Å². The van der Waals surface area contributed by atoms with Crippen LogP contribution >= 0.6 is 0 Å². The molecule has 1 aromatic carbocycles.